The van der Waals surface area contributed by atoms with Crippen molar-refractivity contribution >= 4 is 32.9 Å². The number of para-hydroxylation sites is 2. The Kier molecular flexibility index (Phi) is 5.23. The van der Waals surface area contributed by atoms with Crippen LogP contribution in [0.5, 0.6) is 0 Å². The van der Waals surface area contributed by atoms with Crippen LogP contribution in [0.2, 0.25) is 0 Å². The molecular formula is C20H20BrN3O2. The lowest BCUT2D eigenvalue weighted by molar-refractivity contribution is -0.121. The van der Waals surface area contributed by atoms with E-state index in [1.165, 1.54) is 10.8 Å². The van der Waals surface area contributed by atoms with Gasteiger partial charge in [0.25, 0.3) is 5.56 Å². The van der Waals surface area contributed by atoms with E-state index in [0.29, 0.717) is 17.6 Å². The van der Waals surface area contributed by atoms with Crippen molar-refractivity contribution in [3.63, 3.8) is 0 Å². The Morgan fingerprint density at radius 2 is 1.85 bits per heavy atom. The third-order valence-corrected chi connectivity index (χ3v) is 4.94. The molecule has 0 aliphatic heterocycles. The van der Waals surface area contributed by atoms with Gasteiger partial charge in [-0.2, -0.15) is 0 Å². The smallest absolute Gasteiger partial charge is 0.269 e. The summed E-state index contributed by atoms with van der Waals surface area (Å²) in [5.74, 6) is -0.200. The molecule has 0 aliphatic carbocycles. The molecule has 1 N–H and O–H groups in total. The molecule has 0 saturated heterocycles. The molecular weight excluding hydrogens is 394 g/mol. The van der Waals surface area contributed by atoms with Gasteiger partial charge in [0, 0.05) is 16.4 Å². The predicted octanol–water partition coefficient (Wildman–Crippen LogP) is 3.25. The molecule has 0 bridgehead atoms. The molecule has 1 aromatic heterocycles. The van der Waals surface area contributed by atoms with Crippen molar-refractivity contribution in [2.45, 2.75) is 25.8 Å². The summed E-state index contributed by atoms with van der Waals surface area (Å²) < 4.78 is 2.47. The molecule has 0 fully saturated rings. The van der Waals surface area contributed by atoms with Gasteiger partial charge in [0.1, 0.15) is 6.54 Å². The molecule has 3 rings (SSSR count). The zero-order chi connectivity index (χ0) is 18.7. The van der Waals surface area contributed by atoms with Gasteiger partial charge in [0.2, 0.25) is 5.91 Å². The van der Waals surface area contributed by atoms with E-state index >= 15 is 0 Å². The van der Waals surface area contributed by atoms with E-state index in [2.05, 4.69) is 40.1 Å². The maximum Gasteiger partial charge on any atom is 0.269 e. The molecule has 0 saturated carbocycles. The SMILES string of the molecule is CC(C)(CNC(=O)Cn1c(=O)cnc2ccccc21)c1ccc(Br)cc1. The van der Waals surface area contributed by atoms with E-state index in [1.807, 2.05) is 42.5 Å². The second-order valence-corrected chi connectivity index (χ2v) is 7.75. The fraction of sp³-hybridized carbons (Fsp3) is 0.250. The molecule has 0 spiro atoms. The van der Waals surface area contributed by atoms with Gasteiger partial charge in [-0.05, 0) is 29.8 Å². The number of carbonyl (C=O) groups excluding carboxylic acids is 1. The Labute approximate surface area is 160 Å². The first kappa shape index (κ1) is 18.3. The Bertz CT molecular complexity index is 994. The normalized spacial score (nSPS) is 11.5. The van der Waals surface area contributed by atoms with E-state index < -0.39 is 0 Å². The van der Waals surface area contributed by atoms with Crippen molar-refractivity contribution in [2.24, 2.45) is 0 Å². The Morgan fingerprint density at radius 3 is 2.58 bits per heavy atom. The lowest BCUT2D eigenvalue weighted by Crippen LogP contribution is -2.39. The fourth-order valence-electron chi connectivity index (χ4n) is 2.80. The van der Waals surface area contributed by atoms with E-state index in [1.54, 1.807) is 6.07 Å². The topological polar surface area (TPSA) is 64.0 Å². The van der Waals surface area contributed by atoms with Gasteiger partial charge in [-0.3, -0.25) is 14.2 Å². The average molecular weight is 414 g/mol. The van der Waals surface area contributed by atoms with Gasteiger partial charge in [-0.25, -0.2) is 4.98 Å². The maximum atomic E-state index is 12.4. The number of carbonyl (C=O) groups is 1. The van der Waals surface area contributed by atoms with E-state index in [-0.39, 0.29) is 23.4 Å². The monoisotopic (exact) mass is 413 g/mol. The van der Waals surface area contributed by atoms with Crippen LogP contribution in [0.1, 0.15) is 19.4 Å². The number of hydrogen-bond donors (Lipinski definition) is 1. The van der Waals surface area contributed by atoms with Crippen LogP contribution in [0.3, 0.4) is 0 Å². The number of halogens is 1. The Hall–Kier alpha value is -2.47. The van der Waals surface area contributed by atoms with Crippen molar-refractivity contribution in [2.75, 3.05) is 6.54 Å². The molecule has 0 aliphatic rings. The molecule has 0 unspecified atom stereocenters. The first-order valence-electron chi connectivity index (χ1n) is 8.34. The zero-order valence-electron chi connectivity index (χ0n) is 14.7. The molecule has 2 aromatic carbocycles. The van der Waals surface area contributed by atoms with Crippen LogP contribution < -0.4 is 10.9 Å². The van der Waals surface area contributed by atoms with Crippen LogP contribution >= 0.6 is 15.9 Å². The van der Waals surface area contributed by atoms with Crippen LogP contribution in [0, 0.1) is 0 Å². The number of nitrogens with one attached hydrogen (secondary N) is 1. The van der Waals surface area contributed by atoms with Crippen LogP contribution in [-0.2, 0) is 16.8 Å². The summed E-state index contributed by atoms with van der Waals surface area (Å²) >= 11 is 3.43. The number of nitrogens with zero attached hydrogens (tertiary/aromatic N) is 2. The van der Waals surface area contributed by atoms with Gasteiger partial charge in [-0.15, -0.1) is 0 Å². The van der Waals surface area contributed by atoms with E-state index in [9.17, 15) is 9.59 Å². The highest BCUT2D eigenvalue weighted by molar-refractivity contribution is 9.10. The molecule has 6 heteroatoms. The average Bonchev–Trinajstić information content (AvgIpc) is 2.63. The van der Waals surface area contributed by atoms with Crippen LogP contribution in [-0.4, -0.2) is 22.0 Å². The highest BCUT2D eigenvalue weighted by atomic mass is 79.9. The number of fused-ring (bicyclic) bond motifs is 1. The summed E-state index contributed by atoms with van der Waals surface area (Å²) in [6.07, 6.45) is 1.25. The summed E-state index contributed by atoms with van der Waals surface area (Å²) in [5, 5.41) is 2.95. The molecule has 3 aromatic rings. The van der Waals surface area contributed by atoms with Crippen LogP contribution in [0.15, 0.2) is 64.0 Å². The van der Waals surface area contributed by atoms with Gasteiger partial charge in [0.15, 0.2) is 0 Å². The highest BCUT2D eigenvalue weighted by Crippen LogP contribution is 2.24. The molecule has 0 atom stereocenters. The predicted molar refractivity (Wildman–Crippen MR) is 106 cm³/mol. The minimum absolute atomic E-state index is 0.0295. The van der Waals surface area contributed by atoms with Gasteiger partial charge < -0.3 is 5.32 Å². The lowest BCUT2D eigenvalue weighted by Gasteiger charge is -2.26. The van der Waals surface area contributed by atoms with Crippen LogP contribution in [0.25, 0.3) is 11.0 Å². The summed E-state index contributed by atoms with van der Waals surface area (Å²) in [7, 11) is 0. The van der Waals surface area contributed by atoms with E-state index in [0.717, 1.165) is 10.0 Å². The Morgan fingerprint density at radius 1 is 1.15 bits per heavy atom. The molecule has 0 radical (unpaired) electrons. The highest BCUT2D eigenvalue weighted by Gasteiger charge is 2.21. The summed E-state index contributed by atoms with van der Waals surface area (Å²) in [4.78, 5) is 28.7. The van der Waals surface area contributed by atoms with Gasteiger partial charge in [0.05, 0.1) is 17.2 Å². The number of aromatic nitrogens is 2. The zero-order valence-corrected chi connectivity index (χ0v) is 16.3. The second-order valence-electron chi connectivity index (χ2n) is 6.84. The van der Waals surface area contributed by atoms with Crippen molar-refractivity contribution in [1.82, 2.24) is 14.9 Å². The Balaban J connectivity index is 1.73. The first-order valence-corrected chi connectivity index (χ1v) is 9.13. The number of hydrogen-bond acceptors (Lipinski definition) is 3. The van der Waals surface area contributed by atoms with Gasteiger partial charge >= 0.3 is 0 Å². The minimum Gasteiger partial charge on any atom is -0.354 e. The van der Waals surface area contributed by atoms with Crippen molar-refractivity contribution < 1.29 is 4.79 Å². The van der Waals surface area contributed by atoms with Crippen LogP contribution in [0.4, 0.5) is 0 Å². The number of amides is 1. The van der Waals surface area contributed by atoms with Crippen molar-refractivity contribution in [3.8, 4) is 0 Å². The largest absolute Gasteiger partial charge is 0.354 e. The molecule has 1 heterocycles. The van der Waals surface area contributed by atoms with Gasteiger partial charge in [-0.1, -0.05) is 54.0 Å². The third kappa shape index (κ3) is 4.02. The number of rotatable bonds is 5. The summed E-state index contributed by atoms with van der Waals surface area (Å²) in [5.41, 5.74) is 1.97. The molecule has 134 valence electrons. The van der Waals surface area contributed by atoms with Crippen molar-refractivity contribution in [1.29, 1.82) is 0 Å². The van der Waals surface area contributed by atoms with E-state index in [4.69, 9.17) is 0 Å². The lowest BCUT2D eigenvalue weighted by atomic mass is 9.84. The maximum absolute atomic E-state index is 12.4. The first-order chi connectivity index (χ1) is 12.4. The second kappa shape index (κ2) is 7.41. The quantitative estimate of drug-likeness (QED) is 0.697. The van der Waals surface area contributed by atoms with Crippen molar-refractivity contribution in [3.05, 3.63) is 75.1 Å². The summed E-state index contributed by atoms with van der Waals surface area (Å²) in [6, 6.07) is 15.3. The molecule has 1 amide bonds. The summed E-state index contributed by atoms with van der Waals surface area (Å²) in [6.45, 7) is 4.60. The fourth-order valence-corrected chi connectivity index (χ4v) is 3.06. The minimum atomic E-state index is -0.286. The molecule has 5 nitrogen and oxygen atoms in total. The number of benzene rings is 2. The third-order valence-electron chi connectivity index (χ3n) is 4.41. The molecule has 26 heavy (non-hydrogen) atoms. The standard InChI is InChI=1S/C20H20BrN3O2/c1-20(2,14-7-9-15(21)10-8-14)13-23-18(25)12-24-17-6-4-3-5-16(17)22-11-19(24)26/h3-11H,12-13H2,1-2H3,(H,23,25).